The van der Waals surface area contributed by atoms with Crippen LogP contribution in [-0.2, 0) is 4.74 Å². The molecule has 0 radical (unpaired) electrons. The van der Waals surface area contributed by atoms with Crippen molar-refractivity contribution in [1.82, 2.24) is 0 Å². The molecule has 6 nitrogen and oxygen atoms in total. The Morgan fingerprint density at radius 3 is 2.60 bits per heavy atom. The minimum Gasteiger partial charge on any atom is -0.444 e. The number of halogens is 1. The second kappa shape index (κ2) is 6.38. The number of hydrogen-bond donors (Lipinski definition) is 1. The van der Waals surface area contributed by atoms with Crippen LogP contribution in [0, 0.1) is 10.1 Å². The summed E-state index contributed by atoms with van der Waals surface area (Å²) < 4.78 is 5.09. The van der Waals surface area contributed by atoms with E-state index in [2.05, 4.69) is 5.32 Å². The van der Waals surface area contributed by atoms with Crippen molar-refractivity contribution in [2.24, 2.45) is 0 Å². The highest BCUT2D eigenvalue weighted by Crippen LogP contribution is 2.24. The highest BCUT2D eigenvalue weighted by molar-refractivity contribution is 6.33. The molecule has 1 aromatic carbocycles. The van der Waals surface area contributed by atoms with Crippen molar-refractivity contribution in [2.45, 2.75) is 26.4 Å². The number of nitrogens with one attached hydrogen (secondary N) is 1. The van der Waals surface area contributed by atoms with E-state index in [1.54, 1.807) is 32.9 Å². The van der Waals surface area contributed by atoms with Crippen molar-refractivity contribution in [2.75, 3.05) is 5.32 Å². The lowest BCUT2D eigenvalue weighted by molar-refractivity contribution is -0.400. The minimum atomic E-state index is -0.618. The van der Waals surface area contributed by atoms with Crippen molar-refractivity contribution in [3.8, 4) is 0 Å². The smallest absolute Gasteiger partial charge is 0.412 e. The zero-order valence-electron chi connectivity index (χ0n) is 11.3. The van der Waals surface area contributed by atoms with Crippen LogP contribution in [0.1, 0.15) is 26.3 Å². The van der Waals surface area contributed by atoms with Crippen LogP contribution in [0.5, 0.6) is 0 Å². The van der Waals surface area contributed by atoms with Gasteiger partial charge in [-0.1, -0.05) is 17.7 Å². The van der Waals surface area contributed by atoms with Gasteiger partial charge in [0.05, 0.1) is 15.6 Å². The van der Waals surface area contributed by atoms with Gasteiger partial charge in [-0.2, -0.15) is 0 Å². The first-order valence-electron chi connectivity index (χ1n) is 5.78. The minimum absolute atomic E-state index is 0.265. The predicted molar refractivity (Wildman–Crippen MR) is 77.3 cm³/mol. The molecule has 1 rings (SSSR count). The van der Waals surface area contributed by atoms with Gasteiger partial charge in [0.1, 0.15) is 5.60 Å². The van der Waals surface area contributed by atoms with E-state index in [9.17, 15) is 14.9 Å². The van der Waals surface area contributed by atoms with Crippen LogP contribution in [0.2, 0.25) is 5.02 Å². The largest absolute Gasteiger partial charge is 0.444 e. The highest BCUT2D eigenvalue weighted by Gasteiger charge is 2.16. The lowest BCUT2D eigenvalue weighted by Gasteiger charge is -2.20. The molecule has 0 aliphatic heterocycles. The van der Waals surface area contributed by atoms with Gasteiger partial charge in [0.2, 0.25) is 6.20 Å². The number of nitrogens with zero attached hydrogens (tertiary/aromatic N) is 1. The summed E-state index contributed by atoms with van der Waals surface area (Å²) in [6.45, 7) is 5.25. The number of hydrogen-bond acceptors (Lipinski definition) is 4. The molecule has 0 atom stereocenters. The van der Waals surface area contributed by atoms with Crippen LogP contribution in [0.15, 0.2) is 24.4 Å². The highest BCUT2D eigenvalue weighted by atomic mass is 35.5. The molecule has 0 spiro atoms. The quantitative estimate of drug-likeness (QED) is 0.677. The maximum atomic E-state index is 11.6. The molecule has 0 saturated heterocycles. The van der Waals surface area contributed by atoms with Crippen molar-refractivity contribution in [3.63, 3.8) is 0 Å². The van der Waals surface area contributed by atoms with Crippen LogP contribution in [0.3, 0.4) is 0 Å². The Balaban J connectivity index is 2.78. The number of rotatable bonds is 3. The summed E-state index contributed by atoms with van der Waals surface area (Å²) in [5, 5.41) is 13.0. The number of benzene rings is 1. The van der Waals surface area contributed by atoms with E-state index in [-0.39, 0.29) is 5.02 Å². The van der Waals surface area contributed by atoms with Crippen LogP contribution >= 0.6 is 11.6 Å². The number of carbonyl (C=O) groups is 1. The van der Waals surface area contributed by atoms with E-state index in [1.165, 1.54) is 12.1 Å². The van der Waals surface area contributed by atoms with Gasteiger partial charge in [0, 0.05) is 6.08 Å². The normalized spacial score (nSPS) is 11.4. The molecule has 0 aliphatic carbocycles. The average molecular weight is 299 g/mol. The summed E-state index contributed by atoms with van der Waals surface area (Å²) in [6.07, 6.45) is 1.50. The first-order chi connectivity index (χ1) is 9.17. The number of carbonyl (C=O) groups excluding carboxylic acids is 1. The first kappa shape index (κ1) is 16.0. The first-order valence-corrected chi connectivity index (χ1v) is 6.16. The Kier molecular flexibility index (Phi) is 5.10. The fourth-order valence-corrected chi connectivity index (χ4v) is 1.53. The van der Waals surface area contributed by atoms with E-state index < -0.39 is 16.6 Å². The number of nitro groups is 1. The second-order valence-corrected chi connectivity index (χ2v) is 5.37. The lowest BCUT2D eigenvalue weighted by atomic mass is 10.2. The Labute approximate surface area is 121 Å². The molecule has 1 N–H and O–H groups in total. The van der Waals surface area contributed by atoms with Gasteiger partial charge >= 0.3 is 6.09 Å². The molecule has 7 heteroatoms. The average Bonchev–Trinajstić information content (AvgIpc) is 2.27. The third kappa shape index (κ3) is 5.71. The molecule has 0 aromatic heterocycles. The third-order valence-corrected chi connectivity index (χ3v) is 2.33. The summed E-state index contributed by atoms with van der Waals surface area (Å²) in [7, 11) is 0. The van der Waals surface area contributed by atoms with Crippen LogP contribution in [0.4, 0.5) is 10.5 Å². The van der Waals surface area contributed by atoms with E-state index in [1.807, 2.05) is 0 Å². The molecule has 0 saturated carbocycles. The van der Waals surface area contributed by atoms with E-state index in [4.69, 9.17) is 16.3 Å². The molecular weight excluding hydrogens is 284 g/mol. The van der Waals surface area contributed by atoms with Crippen molar-refractivity contribution in [1.29, 1.82) is 0 Å². The standard InChI is InChI=1S/C13H15ClN2O4/c1-13(2,3)20-12(17)15-11-5-4-9(8-10(11)14)6-7-16(18)19/h4-8H,1-3H3,(H,15,17)/b7-6+. The second-order valence-electron chi connectivity index (χ2n) is 4.97. The van der Waals surface area contributed by atoms with E-state index >= 15 is 0 Å². The van der Waals surface area contributed by atoms with Gasteiger partial charge in [0.15, 0.2) is 0 Å². The van der Waals surface area contributed by atoms with Gasteiger partial charge in [-0.05, 0) is 38.5 Å². The van der Waals surface area contributed by atoms with Crippen LogP contribution in [0.25, 0.3) is 6.08 Å². The third-order valence-electron chi connectivity index (χ3n) is 2.02. The molecule has 0 heterocycles. The van der Waals surface area contributed by atoms with Gasteiger partial charge < -0.3 is 4.74 Å². The van der Waals surface area contributed by atoms with Crippen LogP contribution in [-0.4, -0.2) is 16.6 Å². The van der Waals surface area contributed by atoms with Gasteiger partial charge in [-0.15, -0.1) is 0 Å². The van der Waals surface area contributed by atoms with Crippen LogP contribution < -0.4 is 5.32 Å². The predicted octanol–water partition coefficient (Wildman–Crippen LogP) is 3.93. The summed E-state index contributed by atoms with van der Waals surface area (Å²) >= 11 is 5.99. The van der Waals surface area contributed by atoms with Crippen molar-refractivity contribution >= 4 is 29.5 Å². The Hall–Kier alpha value is -2.08. The van der Waals surface area contributed by atoms with Gasteiger partial charge in [-0.25, -0.2) is 4.79 Å². The van der Waals surface area contributed by atoms with Crippen molar-refractivity contribution in [3.05, 3.63) is 45.1 Å². The summed E-state index contributed by atoms with van der Waals surface area (Å²) in [5.74, 6) is 0. The molecule has 1 aromatic rings. The maximum Gasteiger partial charge on any atom is 0.412 e. The summed E-state index contributed by atoms with van der Waals surface area (Å²) in [6, 6.07) is 4.65. The number of amides is 1. The monoisotopic (exact) mass is 298 g/mol. The zero-order valence-corrected chi connectivity index (χ0v) is 12.1. The van der Waals surface area contributed by atoms with Gasteiger partial charge in [-0.3, -0.25) is 15.4 Å². The van der Waals surface area contributed by atoms with Crippen molar-refractivity contribution < 1.29 is 14.5 Å². The zero-order chi connectivity index (χ0) is 15.3. The van der Waals surface area contributed by atoms with E-state index in [0.717, 1.165) is 6.20 Å². The molecule has 20 heavy (non-hydrogen) atoms. The number of ether oxygens (including phenoxy) is 1. The molecule has 0 bridgehead atoms. The maximum absolute atomic E-state index is 11.6. The Bertz CT molecular complexity index is 550. The lowest BCUT2D eigenvalue weighted by Crippen LogP contribution is -2.27. The fourth-order valence-electron chi connectivity index (χ4n) is 1.30. The van der Waals surface area contributed by atoms with Gasteiger partial charge in [0.25, 0.3) is 0 Å². The summed E-state index contributed by atoms with van der Waals surface area (Å²) in [5.41, 5.74) is 0.325. The molecule has 0 aliphatic rings. The molecular formula is C13H15ClN2O4. The fraction of sp³-hybridized carbons (Fsp3) is 0.308. The summed E-state index contributed by atoms with van der Waals surface area (Å²) in [4.78, 5) is 21.2. The molecule has 108 valence electrons. The molecule has 0 fully saturated rings. The molecule has 0 unspecified atom stereocenters. The Morgan fingerprint density at radius 2 is 2.10 bits per heavy atom. The SMILES string of the molecule is CC(C)(C)OC(=O)Nc1ccc(/C=C/[N+](=O)[O-])cc1Cl. The number of anilines is 1. The molecule has 1 amide bonds. The van der Waals surface area contributed by atoms with E-state index in [0.29, 0.717) is 11.3 Å². The Morgan fingerprint density at radius 1 is 1.45 bits per heavy atom. The topological polar surface area (TPSA) is 81.5 Å².